The van der Waals surface area contributed by atoms with Crippen LogP contribution in [-0.4, -0.2) is 64.2 Å². The summed E-state index contributed by atoms with van der Waals surface area (Å²) in [6.45, 7) is 6.84. The van der Waals surface area contributed by atoms with Crippen molar-refractivity contribution in [3.05, 3.63) is 18.5 Å². The van der Waals surface area contributed by atoms with E-state index in [1.807, 2.05) is 6.92 Å². The molecule has 2 rings (SSSR count). The Balaban J connectivity index is 1.90. The zero-order chi connectivity index (χ0) is 15.1. The minimum atomic E-state index is -3.51. The van der Waals surface area contributed by atoms with Crippen molar-refractivity contribution in [2.45, 2.75) is 11.8 Å². The summed E-state index contributed by atoms with van der Waals surface area (Å²) in [5.41, 5.74) is 0.702. The predicted octanol–water partition coefficient (Wildman–Crippen LogP) is 0.124. The first kappa shape index (κ1) is 16.2. The predicted molar refractivity (Wildman–Crippen MR) is 80.8 cm³/mol. The summed E-state index contributed by atoms with van der Waals surface area (Å²) in [5.74, 6) is 0. The third-order valence-corrected chi connectivity index (χ3v) is 4.66. The average Bonchev–Trinajstić information content (AvgIpc) is 2.49. The third kappa shape index (κ3) is 4.92. The van der Waals surface area contributed by atoms with Gasteiger partial charge in [-0.25, -0.2) is 13.1 Å². The molecular formula is C13H22N4O3S. The van der Waals surface area contributed by atoms with E-state index < -0.39 is 10.0 Å². The standard InChI is InChI=1S/C13H22N4O3S/c1-2-15-12-9-13(11-14-10-12)21(18,19)16-3-4-17-5-7-20-8-6-17/h9-11,15-16H,2-8H2,1H3. The Morgan fingerprint density at radius 1 is 1.33 bits per heavy atom. The molecule has 0 atom stereocenters. The number of nitrogens with one attached hydrogen (secondary N) is 2. The quantitative estimate of drug-likeness (QED) is 0.744. The van der Waals surface area contributed by atoms with Crippen molar-refractivity contribution in [2.24, 2.45) is 0 Å². The minimum absolute atomic E-state index is 0.183. The van der Waals surface area contributed by atoms with Crippen molar-refractivity contribution in [3.63, 3.8) is 0 Å². The molecule has 0 radical (unpaired) electrons. The SMILES string of the molecule is CCNc1cncc(S(=O)(=O)NCCN2CCOCC2)c1. The number of aromatic nitrogens is 1. The van der Waals surface area contributed by atoms with E-state index in [1.165, 1.54) is 6.20 Å². The monoisotopic (exact) mass is 314 g/mol. The fourth-order valence-corrected chi connectivity index (χ4v) is 3.12. The lowest BCUT2D eigenvalue weighted by Crippen LogP contribution is -2.41. The van der Waals surface area contributed by atoms with Crippen LogP contribution < -0.4 is 10.0 Å². The van der Waals surface area contributed by atoms with Crippen molar-refractivity contribution >= 4 is 15.7 Å². The van der Waals surface area contributed by atoms with Gasteiger partial charge in [0.05, 0.1) is 25.1 Å². The second-order valence-corrected chi connectivity index (χ2v) is 6.56. The molecule has 8 heteroatoms. The molecule has 0 saturated carbocycles. The fourth-order valence-electron chi connectivity index (χ4n) is 2.11. The normalized spacial score (nSPS) is 16.8. The van der Waals surface area contributed by atoms with Crippen LogP contribution in [0.3, 0.4) is 0 Å². The molecule has 7 nitrogen and oxygen atoms in total. The summed E-state index contributed by atoms with van der Waals surface area (Å²) in [6.07, 6.45) is 2.97. The minimum Gasteiger partial charge on any atom is -0.384 e. The molecule has 1 aromatic heterocycles. The summed E-state index contributed by atoms with van der Waals surface area (Å²) in [7, 11) is -3.51. The Kier molecular flexibility index (Phi) is 5.92. The maximum Gasteiger partial charge on any atom is 0.242 e. The number of rotatable bonds is 7. The molecule has 1 aliphatic heterocycles. The van der Waals surface area contributed by atoms with Gasteiger partial charge in [-0.15, -0.1) is 0 Å². The highest BCUT2D eigenvalue weighted by molar-refractivity contribution is 7.89. The van der Waals surface area contributed by atoms with E-state index in [1.54, 1.807) is 12.3 Å². The number of sulfonamides is 1. The highest BCUT2D eigenvalue weighted by Gasteiger charge is 2.16. The van der Waals surface area contributed by atoms with E-state index in [-0.39, 0.29) is 4.90 Å². The highest BCUT2D eigenvalue weighted by atomic mass is 32.2. The molecule has 0 spiro atoms. The van der Waals surface area contributed by atoms with Crippen LogP contribution in [0, 0.1) is 0 Å². The van der Waals surface area contributed by atoms with Crippen molar-refractivity contribution in [3.8, 4) is 0 Å². The third-order valence-electron chi connectivity index (χ3n) is 3.23. The summed E-state index contributed by atoms with van der Waals surface area (Å²) in [6, 6.07) is 1.59. The summed E-state index contributed by atoms with van der Waals surface area (Å²) in [5, 5.41) is 3.05. The van der Waals surface area contributed by atoms with Gasteiger partial charge in [0.15, 0.2) is 0 Å². The lowest BCUT2D eigenvalue weighted by molar-refractivity contribution is 0.0390. The average molecular weight is 314 g/mol. The number of morpholine rings is 1. The number of pyridine rings is 1. The molecule has 2 heterocycles. The van der Waals surface area contributed by atoms with Crippen molar-refractivity contribution in [1.82, 2.24) is 14.6 Å². The van der Waals surface area contributed by atoms with Crippen LogP contribution >= 0.6 is 0 Å². The Morgan fingerprint density at radius 2 is 2.10 bits per heavy atom. The molecular weight excluding hydrogens is 292 g/mol. The lowest BCUT2D eigenvalue weighted by atomic mass is 10.4. The zero-order valence-corrected chi connectivity index (χ0v) is 13.0. The molecule has 0 unspecified atom stereocenters. The first-order valence-electron chi connectivity index (χ1n) is 7.10. The molecule has 21 heavy (non-hydrogen) atoms. The molecule has 0 aliphatic carbocycles. The second-order valence-electron chi connectivity index (χ2n) is 4.79. The largest absolute Gasteiger partial charge is 0.384 e. The number of hydrogen-bond donors (Lipinski definition) is 2. The Morgan fingerprint density at radius 3 is 2.81 bits per heavy atom. The van der Waals surface area contributed by atoms with Crippen LogP contribution in [0.5, 0.6) is 0 Å². The molecule has 1 fully saturated rings. The van der Waals surface area contributed by atoms with Crippen LogP contribution in [0.25, 0.3) is 0 Å². The Labute approximate surface area is 125 Å². The Hall–Kier alpha value is -1.22. The summed E-state index contributed by atoms with van der Waals surface area (Å²) in [4.78, 5) is 6.32. The summed E-state index contributed by atoms with van der Waals surface area (Å²) >= 11 is 0. The van der Waals surface area contributed by atoms with Crippen LogP contribution in [0.4, 0.5) is 5.69 Å². The number of anilines is 1. The van der Waals surface area contributed by atoms with Gasteiger partial charge in [-0.2, -0.15) is 0 Å². The van der Waals surface area contributed by atoms with Gasteiger partial charge in [-0.3, -0.25) is 9.88 Å². The molecule has 1 saturated heterocycles. The molecule has 118 valence electrons. The van der Waals surface area contributed by atoms with Gasteiger partial charge in [0.25, 0.3) is 0 Å². The van der Waals surface area contributed by atoms with Gasteiger partial charge in [0.2, 0.25) is 10.0 Å². The van der Waals surface area contributed by atoms with E-state index in [4.69, 9.17) is 4.74 Å². The van der Waals surface area contributed by atoms with E-state index in [9.17, 15) is 8.42 Å². The molecule has 1 aromatic rings. The maximum atomic E-state index is 12.2. The highest BCUT2D eigenvalue weighted by Crippen LogP contribution is 2.13. The number of ether oxygens (including phenoxy) is 1. The van der Waals surface area contributed by atoms with Crippen LogP contribution in [-0.2, 0) is 14.8 Å². The number of nitrogens with zero attached hydrogens (tertiary/aromatic N) is 2. The van der Waals surface area contributed by atoms with Crippen molar-refractivity contribution in [2.75, 3.05) is 51.3 Å². The second kappa shape index (κ2) is 7.69. The van der Waals surface area contributed by atoms with Gasteiger partial charge in [0, 0.05) is 38.9 Å². The van der Waals surface area contributed by atoms with Crippen LogP contribution in [0.15, 0.2) is 23.4 Å². The molecule has 0 amide bonds. The van der Waals surface area contributed by atoms with Gasteiger partial charge >= 0.3 is 0 Å². The zero-order valence-electron chi connectivity index (χ0n) is 12.2. The first-order valence-corrected chi connectivity index (χ1v) is 8.59. The smallest absolute Gasteiger partial charge is 0.242 e. The fraction of sp³-hybridized carbons (Fsp3) is 0.615. The topological polar surface area (TPSA) is 83.6 Å². The first-order chi connectivity index (χ1) is 10.1. The Bertz CT molecular complexity index is 544. The van der Waals surface area contributed by atoms with Gasteiger partial charge in [-0.05, 0) is 13.0 Å². The van der Waals surface area contributed by atoms with Crippen LogP contribution in [0.2, 0.25) is 0 Å². The van der Waals surface area contributed by atoms with Crippen molar-refractivity contribution in [1.29, 1.82) is 0 Å². The lowest BCUT2D eigenvalue weighted by Gasteiger charge is -2.26. The van der Waals surface area contributed by atoms with E-state index in [0.717, 1.165) is 19.6 Å². The molecule has 1 aliphatic rings. The van der Waals surface area contributed by atoms with E-state index in [0.29, 0.717) is 32.0 Å². The maximum absolute atomic E-state index is 12.2. The van der Waals surface area contributed by atoms with Gasteiger partial charge in [0.1, 0.15) is 4.90 Å². The van der Waals surface area contributed by atoms with Gasteiger partial charge < -0.3 is 10.1 Å². The molecule has 0 aromatic carbocycles. The van der Waals surface area contributed by atoms with Crippen LogP contribution in [0.1, 0.15) is 6.92 Å². The molecule has 2 N–H and O–H groups in total. The molecule has 0 bridgehead atoms. The summed E-state index contributed by atoms with van der Waals surface area (Å²) < 4.78 is 32.3. The van der Waals surface area contributed by atoms with E-state index in [2.05, 4.69) is 19.9 Å². The van der Waals surface area contributed by atoms with E-state index >= 15 is 0 Å². The van der Waals surface area contributed by atoms with Crippen molar-refractivity contribution < 1.29 is 13.2 Å². The number of hydrogen-bond acceptors (Lipinski definition) is 6. The van der Waals surface area contributed by atoms with Gasteiger partial charge in [-0.1, -0.05) is 0 Å².